The third-order valence-corrected chi connectivity index (χ3v) is 2.40. The predicted molar refractivity (Wildman–Crippen MR) is 62.5 cm³/mol. The van der Waals surface area contributed by atoms with E-state index < -0.39 is 5.97 Å². The van der Waals surface area contributed by atoms with Gasteiger partial charge in [-0.1, -0.05) is 12.1 Å². The summed E-state index contributed by atoms with van der Waals surface area (Å²) in [5.41, 5.74) is 7.07. The van der Waals surface area contributed by atoms with Crippen LogP contribution in [-0.4, -0.2) is 26.2 Å². The first-order chi connectivity index (χ1) is 8.10. The number of nitrogen functional groups attached to an aromatic ring is 1. The molecule has 1 rings (SSSR count). The van der Waals surface area contributed by atoms with E-state index in [1.54, 1.807) is 18.2 Å². The number of hydrogen-bond donors (Lipinski definition) is 1. The Balaban J connectivity index is 2.94. The van der Waals surface area contributed by atoms with Gasteiger partial charge in [-0.3, -0.25) is 4.79 Å². The second-order valence-corrected chi connectivity index (χ2v) is 3.45. The maximum Gasteiger partial charge on any atom is 0.340 e. The summed E-state index contributed by atoms with van der Waals surface area (Å²) < 4.78 is 9.20. The Kier molecular flexibility index (Phi) is 4.51. The summed E-state index contributed by atoms with van der Waals surface area (Å²) in [5.74, 6) is -0.828. The molecule has 1 aromatic carbocycles. The molecule has 0 bridgehead atoms. The van der Waals surface area contributed by atoms with Crippen molar-refractivity contribution in [3.8, 4) is 0 Å². The van der Waals surface area contributed by atoms with E-state index in [1.165, 1.54) is 14.2 Å². The zero-order valence-electron chi connectivity index (χ0n) is 9.86. The maximum atomic E-state index is 11.6. The first-order valence-electron chi connectivity index (χ1n) is 5.12. The minimum atomic E-state index is -0.497. The number of hydrogen-bond acceptors (Lipinski definition) is 5. The average molecular weight is 237 g/mol. The van der Waals surface area contributed by atoms with Crippen molar-refractivity contribution in [2.75, 3.05) is 20.0 Å². The van der Waals surface area contributed by atoms with Crippen molar-refractivity contribution in [1.29, 1.82) is 0 Å². The smallest absolute Gasteiger partial charge is 0.340 e. The zero-order chi connectivity index (χ0) is 12.8. The fourth-order valence-electron chi connectivity index (χ4n) is 1.52. The molecule has 0 aliphatic carbocycles. The largest absolute Gasteiger partial charge is 0.469 e. The molecule has 0 saturated heterocycles. The molecule has 2 N–H and O–H groups in total. The van der Waals surface area contributed by atoms with Gasteiger partial charge in [0.05, 0.1) is 19.8 Å². The van der Waals surface area contributed by atoms with Crippen LogP contribution in [0.15, 0.2) is 18.2 Å². The Morgan fingerprint density at radius 1 is 1.24 bits per heavy atom. The Bertz CT molecular complexity index is 429. The molecule has 92 valence electrons. The second-order valence-electron chi connectivity index (χ2n) is 3.45. The summed E-state index contributed by atoms with van der Waals surface area (Å²) in [4.78, 5) is 22.6. The summed E-state index contributed by atoms with van der Waals surface area (Å²) in [7, 11) is 2.61. The van der Waals surface area contributed by atoms with Crippen molar-refractivity contribution >= 4 is 17.6 Å². The van der Waals surface area contributed by atoms with Gasteiger partial charge in [-0.15, -0.1) is 0 Å². The van der Waals surface area contributed by atoms with Gasteiger partial charge in [0.2, 0.25) is 0 Å². The fourth-order valence-corrected chi connectivity index (χ4v) is 1.52. The van der Waals surface area contributed by atoms with Crippen LogP contribution in [-0.2, 0) is 20.7 Å². The summed E-state index contributed by atoms with van der Waals surface area (Å²) >= 11 is 0. The lowest BCUT2D eigenvalue weighted by atomic mass is 10.0. The summed E-state index contributed by atoms with van der Waals surface area (Å²) in [6, 6.07) is 5.09. The van der Waals surface area contributed by atoms with Crippen molar-refractivity contribution in [3.63, 3.8) is 0 Å². The summed E-state index contributed by atoms with van der Waals surface area (Å²) in [6.07, 6.45) is 0.589. The van der Waals surface area contributed by atoms with E-state index in [4.69, 9.17) is 5.73 Å². The highest BCUT2D eigenvalue weighted by Crippen LogP contribution is 2.19. The van der Waals surface area contributed by atoms with E-state index in [9.17, 15) is 9.59 Å². The predicted octanol–water partition coefficient (Wildman–Crippen LogP) is 1.16. The van der Waals surface area contributed by atoms with E-state index in [1.807, 2.05) is 0 Å². The monoisotopic (exact) mass is 237 g/mol. The summed E-state index contributed by atoms with van der Waals surface area (Å²) in [5, 5.41) is 0. The lowest BCUT2D eigenvalue weighted by Crippen LogP contribution is -2.11. The summed E-state index contributed by atoms with van der Waals surface area (Å²) in [6.45, 7) is 0. The molecule has 0 fully saturated rings. The SMILES string of the molecule is COC(=O)CCc1cccc(N)c1C(=O)OC. The number of ether oxygens (including phenoxy) is 2. The fraction of sp³-hybridized carbons (Fsp3) is 0.333. The molecule has 0 unspecified atom stereocenters. The molecule has 0 radical (unpaired) electrons. The van der Waals surface area contributed by atoms with Crippen LogP contribution in [0.3, 0.4) is 0 Å². The highest BCUT2D eigenvalue weighted by Gasteiger charge is 2.15. The number of benzene rings is 1. The number of esters is 2. The molecule has 5 heteroatoms. The maximum absolute atomic E-state index is 11.6. The molecule has 0 aromatic heterocycles. The average Bonchev–Trinajstić information content (AvgIpc) is 2.35. The Labute approximate surface area is 99.5 Å². The molecule has 17 heavy (non-hydrogen) atoms. The highest BCUT2D eigenvalue weighted by atomic mass is 16.5. The minimum Gasteiger partial charge on any atom is -0.469 e. The zero-order valence-corrected chi connectivity index (χ0v) is 9.86. The Morgan fingerprint density at radius 3 is 2.53 bits per heavy atom. The number of anilines is 1. The van der Waals surface area contributed by atoms with Gasteiger partial charge in [-0.05, 0) is 18.1 Å². The van der Waals surface area contributed by atoms with Crippen LogP contribution < -0.4 is 5.73 Å². The molecule has 0 saturated carbocycles. The van der Waals surface area contributed by atoms with Crippen molar-refractivity contribution in [2.24, 2.45) is 0 Å². The van der Waals surface area contributed by atoms with Crippen molar-refractivity contribution in [2.45, 2.75) is 12.8 Å². The van der Waals surface area contributed by atoms with Crippen LogP contribution in [0.25, 0.3) is 0 Å². The van der Waals surface area contributed by atoms with E-state index in [2.05, 4.69) is 9.47 Å². The number of carbonyl (C=O) groups excluding carboxylic acids is 2. The first-order valence-corrected chi connectivity index (χ1v) is 5.12. The molecule has 1 aromatic rings. The molecule has 0 amide bonds. The van der Waals surface area contributed by atoms with Crippen LogP contribution in [0, 0.1) is 0 Å². The van der Waals surface area contributed by atoms with Crippen molar-refractivity contribution in [3.05, 3.63) is 29.3 Å². The van der Waals surface area contributed by atoms with E-state index in [-0.39, 0.29) is 12.4 Å². The Morgan fingerprint density at radius 2 is 1.94 bits per heavy atom. The number of nitrogens with two attached hydrogens (primary N) is 1. The van der Waals surface area contributed by atoms with Gasteiger partial charge in [-0.2, -0.15) is 0 Å². The molecule has 0 heterocycles. The number of aryl methyl sites for hydroxylation is 1. The van der Waals surface area contributed by atoms with Crippen molar-refractivity contribution in [1.82, 2.24) is 0 Å². The van der Waals surface area contributed by atoms with Gasteiger partial charge in [0.25, 0.3) is 0 Å². The second kappa shape index (κ2) is 5.89. The van der Waals surface area contributed by atoms with E-state index in [0.29, 0.717) is 23.2 Å². The normalized spacial score (nSPS) is 9.76. The van der Waals surface area contributed by atoms with Crippen LogP contribution in [0.1, 0.15) is 22.3 Å². The number of carbonyl (C=O) groups is 2. The van der Waals surface area contributed by atoms with Gasteiger partial charge >= 0.3 is 11.9 Å². The van der Waals surface area contributed by atoms with Gasteiger partial charge in [0.1, 0.15) is 0 Å². The third-order valence-electron chi connectivity index (χ3n) is 2.40. The quantitative estimate of drug-likeness (QED) is 0.628. The third kappa shape index (κ3) is 3.21. The van der Waals surface area contributed by atoms with Gasteiger partial charge in [-0.25, -0.2) is 4.79 Å². The van der Waals surface area contributed by atoms with Gasteiger partial charge < -0.3 is 15.2 Å². The number of rotatable bonds is 4. The van der Waals surface area contributed by atoms with Crippen LogP contribution in [0.4, 0.5) is 5.69 Å². The lowest BCUT2D eigenvalue weighted by Gasteiger charge is -2.09. The standard InChI is InChI=1S/C12H15NO4/c1-16-10(14)7-6-8-4-3-5-9(13)11(8)12(15)17-2/h3-5H,6-7,13H2,1-2H3. The van der Waals surface area contributed by atoms with Crippen LogP contribution in [0.5, 0.6) is 0 Å². The molecular formula is C12H15NO4. The van der Waals surface area contributed by atoms with Crippen LogP contribution in [0.2, 0.25) is 0 Å². The Hall–Kier alpha value is -2.04. The molecular weight excluding hydrogens is 222 g/mol. The first kappa shape index (κ1) is 13.0. The lowest BCUT2D eigenvalue weighted by molar-refractivity contribution is -0.140. The topological polar surface area (TPSA) is 78.6 Å². The molecule has 5 nitrogen and oxygen atoms in total. The van der Waals surface area contributed by atoms with Gasteiger partial charge in [0, 0.05) is 12.1 Å². The molecule has 0 aliphatic rings. The molecule has 0 spiro atoms. The van der Waals surface area contributed by atoms with Gasteiger partial charge in [0.15, 0.2) is 0 Å². The number of methoxy groups -OCH3 is 2. The van der Waals surface area contributed by atoms with Crippen molar-refractivity contribution < 1.29 is 19.1 Å². The van der Waals surface area contributed by atoms with E-state index in [0.717, 1.165) is 0 Å². The van der Waals surface area contributed by atoms with Crippen LogP contribution >= 0.6 is 0 Å². The van der Waals surface area contributed by atoms with E-state index >= 15 is 0 Å². The molecule has 0 atom stereocenters. The molecule has 0 aliphatic heterocycles. The minimum absolute atomic E-state index is 0.198. The highest BCUT2D eigenvalue weighted by molar-refractivity contribution is 5.96.